The molecular formula is C9H19N3O4S. The first-order valence-corrected chi connectivity index (χ1v) is 6.77. The summed E-state index contributed by atoms with van der Waals surface area (Å²) in [5, 5.41) is 11.7. The third-order valence-corrected chi connectivity index (χ3v) is 2.68. The molecular weight excluding hydrogens is 246 g/mol. The van der Waals surface area contributed by atoms with Crippen LogP contribution < -0.4 is 11.1 Å². The van der Waals surface area contributed by atoms with Crippen molar-refractivity contribution in [3.63, 3.8) is 0 Å². The van der Waals surface area contributed by atoms with Gasteiger partial charge in [0, 0.05) is 6.54 Å². The summed E-state index contributed by atoms with van der Waals surface area (Å²) in [5.74, 6) is 0.680. The average molecular weight is 265 g/mol. The third-order valence-electron chi connectivity index (χ3n) is 2.04. The van der Waals surface area contributed by atoms with Crippen molar-refractivity contribution in [2.75, 3.05) is 25.2 Å². The van der Waals surface area contributed by atoms with E-state index in [0.29, 0.717) is 25.8 Å². The molecule has 0 aromatic carbocycles. The van der Waals surface area contributed by atoms with Gasteiger partial charge in [0.25, 0.3) is 5.09 Å². The summed E-state index contributed by atoms with van der Waals surface area (Å²) < 4.78 is 0. The summed E-state index contributed by atoms with van der Waals surface area (Å²) in [6.07, 6.45) is 3.77. The average Bonchev–Trinajstić information content (AvgIpc) is 2.29. The van der Waals surface area contributed by atoms with Gasteiger partial charge in [0.15, 0.2) is 0 Å². The second-order valence-corrected chi connectivity index (χ2v) is 4.43. The molecule has 0 aliphatic carbocycles. The lowest BCUT2D eigenvalue weighted by molar-refractivity contribution is -0.757. The fourth-order valence-corrected chi connectivity index (χ4v) is 1.57. The zero-order chi connectivity index (χ0) is 13.1. The fraction of sp³-hybridized carbons (Fsp3) is 0.889. The van der Waals surface area contributed by atoms with Gasteiger partial charge in [0.05, 0.1) is 12.6 Å². The van der Waals surface area contributed by atoms with Crippen molar-refractivity contribution < 1.29 is 14.7 Å². The van der Waals surface area contributed by atoms with E-state index in [2.05, 4.69) is 10.2 Å². The van der Waals surface area contributed by atoms with Gasteiger partial charge in [-0.25, -0.2) is 0 Å². The number of nitrogens with zero attached hydrogens (tertiary/aromatic N) is 1. The molecule has 0 aromatic rings. The smallest absolute Gasteiger partial charge is 0.294 e. The molecule has 1 atom stereocenters. The first-order valence-electron chi connectivity index (χ1n) is 5.37. The third kappa shape index (κ3) is 9.88. The van der Waals surface area contributed by atoms with E-state index in [1.54, 1.807) is 11.8 Å². The highest BCUT2D eigenvalue weighted by Crippen LogP contribution is 1.98. The normalized spacial score (nSPS) is 11.9. The Labute approximate surface area is 105 Å². The van der Waals surface area contributed by atoms with Gasteiger partial charge in [0.1, 0.15) is 0 Å². The van der Waals surface area contributed by atoms with Crippen molar-refractivity contribution in [2.24, 2.45) is 5.73 Å². The minimum atomic E-state index is -0.823. The molecule has 0 aromatic heterocycles. The SMILES string of the molecule is CSCCC(N)C(=O)NCCCCO[N+](=O)[O-]. The zero-order valence-electron chi connectivity index (χ0n) is 9.89. The number of nitrogens with two attached hydrogens (primary N) is 1. The molecule has 0 bridgehead atoms. The molecule has 1 unspecified atom stereocenters. The summed E-state index contributed by atoms with van der Waals surface area (Å²) >= 11 is 1.64. The molecule has 0 spiro atoms. The molecule has 0 rings (SSSR count). The molecule has 1 amide bonds. The van der Waals surface area contributed by atoms with Crippen LogP contribution in [-0.2, 0) is 9.63 Å². The van der Waals surface area contributed by atoms with Crippen LogP contribution in [0.2, 0.25) is 0 Å². The Morgan fingerprint density at radius 2 is 2.29 bits per heavy atom. The Hall–Kier alpha value is -1.02. The van der Waals surface area contributed by atoms with Crippen LogP contribution in [0.1, 0.15) is 19.3 Å². The number of carbonyl (C=O) groups excluding carboxylic acids is 1. The standard InChI is InChI=1S/C9H19N3O4S/c1-17-7-4-8(10)9(13)11-5-2-3-6-16-12(14)15/h8H,2-7,10H2,1H3,(H,11,13). The van der Waals surface area contributed by atoms with Crippen LogP contribution in [0.3, 0.4) is 0 Å². The summed E-state index contributed by atoms with van der Waals surface area (Å²) in [6.45, 7) is 0.522. The van der Waals surface area contributed by atoms with Crippen molar-refractivity contribution >= 4 is 17.7 Å². The van der Waals surface area contributed by atoms with Gasteiger partial charge in [-0.3, -0.25) is 4.79 Å². The van der Waals surface area contributed by atoms with E-state index in [0.717, 1.165) is 5.75 Å². The predicted octanol–water partition coefficient (Wildman–Crippen LogP) is 0.172. The van der Waals surface area contributed by atoms with Crippen LogP contribution in [-0.4, -0.2) is 42.2 Å². The van der Waals surface area contributed by atoms with Crippen molar-refractivity contribution in [1.82, 2.24) is 5.32 Å². The zero-order valence-corrected chi connectivity index (χ0v) is 10.7. The number of rotatable bonds is 10. The second-order valence-electron chi connectivity index (χ2n) is 3.44. The van der Waals surface area contributed by atoms with Gasteiger partial charge >= 0.3 is 0 Å². The largest absolute Gasteiger partial charge is 0.355 e. The number of thioether (sulfide) groups is 1. The number of hydrogen-bond acceptors (Lipinski definition) is 6. The Balaban J connectivity index is 3.41. The summed E-state index contributed by atoms with van der Waals surface area (Å²) in [6, 6.07) is -0.475. The first-order chi connectivity index (χ1) is 8.07. The quantitative estimate of drug-likeness (QED) is 0.331. The lowest BCUT2D eigenvalue weighted by Crippen LogP contribution is -2.41. The van der Waals surface area contributed by atoms with Crippen molar-refractivity contribution in [2.45, 2.75) is 25.3 Å². The maximum Gasteiger partial charge on any atom is 0.294 e. The van der Waals surface area contributed by atoms with E-state index in [-0.39, 0.29) is 12.5 Å². The van der Waals surface area contributed by atoms with Gasteiger partial charge in [-0.1, -0.05) is 0 Å². The molecule has 7 nitrogen and oxygen atoms in total. The highest BCUT2D eigenvalue weighted by Gasteiger charge is 2.11. The maximum atomic E-state index is 11.4. The van der Waals surface area contributed by atoms with Gasteiger partial charge in [-0.05, 0) is 31.3 Å². The molecule has 0 saturated carbocycles. The summed E-state index contributed by atoms with van der Waals surface area (Å²) in [7, 11) is 0. The van der Waals surface area contributed by atoms with E-state index < -0.39 is 11.1 Å². The van der Waals surface area contributed by atoms with Gasteiger partial charge in [-0.15, -0.1) is 10.1 Å². The van der Waals surface area contributed by atoms with E-state index in [1.165, 1.54) is 0 Å². The molecule has 17 heavy (non-hydrogen) atoms. The molecule has 100 valence electrons. The summed E-state index contributed by atoms with van der Waals surface area (Å²) in [4.78, 5) is 25.4. The van der Waals surface area contributed by atoms with Crippen LogP contribution in [0.5, 0.6) is 0 Å². The van der Waals surface area contributed by atoms with Crippen molar-refractivity contribution in [3.8, 4) is 0 Å². The number of unbranched alkanes of at least 4 members (excludes halogenated alkanes) is 1. The molecule has 8 heteroatoms. The van der Waals surface area contributed by atoms with Crippen molar-refractivity contribution in [1.29, 1.82) is 0 Å². The van der Waals surface area contributed by atoms with Gasteiger partial charge < -0.3 is 15.9 Å². The van der Waals surface area contributed by atoms with Gasteiger partial charge in [0.2, 0.25) is 5.91 Å². The molecule has 0 aliphatic heterocycles. The van der Waals surface area contributed by atoms with Crippen LogP contribution in [0.15, 0.2) is 0 Å². The Morgan fingerprint density at radius 3 is 2.88 bits per heavy atom. The molecule has 3 N–H and O–H groups in total. The molecule has 0 saturated heterocycles. The highest BCUT2D eigenvalue weighted by atomic mass is 32.2. The number of hydrogen-bond donors (Lipinski definition) is 2. The monoisotopic (exact) mass is 265 g/mol. The van der Waals surface area contributed by atoms with Crippen LogP contribution in [0.25, 0.3) is 0 Å². The van der Waals surface area contributed by atoms with Crippen LogP contribution >= 0.6 is 11.8 Å². The maximum absolute atomic E-state index is 11.4. The fourth-order valence-electron chi connectivity index (χ4n) is 1.08. The van der Waals surface area contributed by atoms with E-state index in [1.807, 2.05) is 6.26 Å². The predicted molar refractivity (Wildman–Crippen MR) is 66.2 cm³/mol. The number of amides is 1. The topological polar surface area (TPSA) is 107 Å². The van der Waals surface area contributed by atoms with Crippen molar-refractivity contribution in [3.05, 3.63) is 10.1 Å². The number of nitrogens with one attached hydrogen (secondary N) is 1. The summed E-state index contributed by atoms with van der Waals surface area (Å²) in [5.41, 5.74) is 5.64. The van der Waals surface area contributed by atoms with E-state index in [4.69, 9.17) is 5.73 Å². The lowest BCUT2D eigenvalue weighted by Gasteiger charge is -2.11. The molecule has 0 aliphatic rings. The Bertz CT molecular complexity index is 240. The minimum Gasteiger partial charge on any atom is -0.355 e. The molecule has 0 heterocycles. The highest BCUT2D eigenvalue weighted by molar-refractivity contribution is 7.98. The van der Waals surface area contributed by atoms with E-state index in [9.17, 15) is 14.9 Å². The lowest BCUT2D eigenvalue weighted by atomic mass is 10.2. The second kappa shape index (κ2) is 10.2. The van der Waals surface area contributed by atoms with E-state index >= 15 is 0 Å². The van der Waals surface area contributed by atoms with Crippen LogP contribution in [0.4, 0.5) is 0 Å². The minimum absolute atomic E-state index is 0.0569. The molecule has 0 fully saturated rings. The Kier molecular flexibility index (Phi) is 9.55. The molecule has 0 radical (unpaired) electrons. The van der Waals surface area contributed by atoms with Gasteiger partial charge in [-0.2, -0.15) is 11.8 Å². The number of carbonyl (C=O) groups is 1. The van der Waals surface area contributed by atoms with Crippen LogP contribution in [0, 0.1) is 10.1 Å². The Morgan fingerprint density at radius 1 is 1.59 bits per heavy atom. The first kappa shape index (κ1) is 16.0.